The van der Waals surface area contributed by atoms with Crippen molar-refractivity contribution in [1.29, 1.82) is 0 Å². The van der Waals surface area contributed by atoms with Gasteiger partial charge in [-0.2, -0.15) is 0 Å². The highest BCUT2D eigenvalue weighted by atomic mass is 16.3. The molecule has 76 valence electrons. The lowest BCUT2D eigenvalue weighted by atomic mass is 10.1. The zero-order valence-corrected chi connectivity index (χ0v) is 7.59. The average molecular weight is 195 g/mol. The molecule has 0 spiro atoms. The molecule has 0 aliphatic carbocycles. The maximum atomic E-state index is 9.20. The summed E-state index contributed by atoms with van der Waals surface area (Å²) < 4.78 is 0. The van der Waals surface area contributed by atoms with Gasteiger partial charge in [-0.05, 0) is 17.7 Å². The quantitative estimate of drug-likeness (QED) is 0.392. The molecule has 0 bridgehead atoms. The molecule has 5 heteroatoms. The highest BCUT2D eigenvalue weighted by Gasteiger charge is 2.08. The first kappa shape index (κ1) is 10.3. The second-order valence-corrected chi connectivity index (χ2v) is 2.85. The number of nitrogens with two attached hydrogens (primary N) is 2. The van der Waals surface area contributed by atoms with E-state index in [9.17, 15) is 5.11 Å². The number of phenolic OH excluding ortho intramolecular Hbond substituents is 1. The van der Waals surface area contributed by atoms with Crippen LogP contribution < -0.4 is 11.5 Å². The molecule has 6 N–H and O–H groups in total. The molecular formula is C9H13N3O2. The van der Waals surface area contributed by atoms with Crippen LogP contribution in [-0.4, -0.2) is 22.8 Å². The lowest BCUT2D eigenvalue weighted by Crippen LogP contribution is -2.24. The topological polar surface area (TPSA) is 105 Å². The lowest BCUT2D eigenvalue weighted by Gasteiger charge is -2.09. The molecule has 0 unspecified atom stereocenters. The summed E-state index contributed by atoms with van der Waals surface area (Å²) in [5.41, 5.74) is 11.1. The van der Waals surface area contributed by atoms with Crippen LogP contribution in [0.5, 0.6) is 5.75 Å². The van der Waals surface area contributed by atoms with Gasteiger partial charge in [-0.25, -0.2) is 4.99 Å². The van der Waals surface area contributed by atoms with Crippen molar-refractivity contribution in [3.8, 4) is 5.75 Å². The first-order chi connectivity index (χ1) is 6.63. The van der Waals surface area contributed by atoms with Crippen molar-refractivity contribution >= 4 is 5.96 Å². The number of aliphatic hydroxyl groups excluding tert-OH is 1. The number of nitrogens with zero attached hydrogens (tertiary/aromatic N) is 1. The first-order valence-corrected chi connectivity index (χ1v) is 4.12. The maximum absolute atomic E-state index is 9.20. The third-order valence-electron chi connectivity index (χ3n) is 1.73. The van der Waals surface area contributed by atoms with Gasteiger partial charge in [0.15, 0.2) is 5.96 Å². The molecular weight excluding hydrogens is 182 g/mol. The van der Waals surface area contributed by atoms with Crippen molar-refractivity contribution in [3.63, 3.8) is 0 Å². The van der Waals surface area contributed by atoms with E-state index in [4.69, 9.17) is 16.6 Å². The lowest BCUT2D eigenvalue weighted by molar-refractivity contribution is 0.268. The molecule has 1 atom stereocenters. The zero-order valence-electron chi connectivity index (χ0n) is 7.59. The van der Waals surface area contributed by atoms with Crippen molar-refractivity contribution in [2.24, 2.45) is 16.5 Å². The highest BCUT2D eigenvalue weighted by Crippen LogP contribution is 2.20. The van der Waals surface area contributed by atoms with E-state index < -0.39 is 6.04 Å². The number of aromatic hydroxyl groups is 1. The molecule has 0 amide bonds. The summed E-state index contributed by atoms with van der Waals surface area (Å²) in [7, 11) is 0. The summed E-state index contributed by atoms with van der Waals surface area (Å²) in [6.45, 7) is -0.207. The van der Waals surface area contributed by atoms with Crippen molar-refractivity contribution < 1.29 is 10.2 Å². The molecule has 0 radical (unpaired) electrons. The van der Waals surface area contributed by atoms with Crippen LogP contribution in [0.1, 0.15) is 11.6 Å². The standard InChI is InChI=1S/C9H13N3O2/c10-9(11)12-8(5-13)6-2-1-3-7(14)4-6/h1-4,8,13-14H,5H2,(H4,10,11,12)/t8-/m1/s1. The molecule has 0 aromatic heterocycles. The van der Waals surface area contributed by atoms with Gasteiger partial charge < -0.3 is 21.7 Å². The number of benzene rings is 1. The number of aliphatic imine (C=N–C) groups is 1. The molecule has 0 fully saturated rings. The van der Waals surface area contributed by atoms with Gasteiger partial charge in [-0.1, -0.05) is 12.1 Å². The van der Waals surface area contributed by atoms with Crippen LogP contribution in [-0.2, 0) is 0 Å². The average Bonchev–Trinajstić information content (AvgIpc) is 2.14. The van der Waals surface area contributed by atoms with E-state index in [0.717, 1.165) is 0 Å². The van der Waals surface area contributed by atoms with Gasteiger partial charge in [0, 0.05) is 0 Å². The van der Waals surface area contributed by atoms with Crippen LogP contribution in [0.4, 0.5) is 0 Å². The van der Waals surface area contributed by atoms with Crippen molar-refractivity contribution in [2.45, 2.75) is 6.04 Å². The van der Waals surface area contributed by atoms with Crippen LogP contribution in [0.3, 0.4) is 0 Å². The van der Waals surface area contributed by atoms with Gasteiger partial charge in [0.1, 0.15) is 11.8 Å². The number of hydrogen-bond donors (Lipinski definition) is 4. The molecule has 1 aromatic rings. The van der Waals surface area contributed by atoms with Crippen LogP contribution in [0.25, 0.3) is 0 Å². The molecule has 0 heterocycles. The molecule has 1 rings (SSSR count). The van der Waals surface area contributed by atoms with Gasteiger partial charge in [0.2, 0.25) is 0 Å². The number of rotatable bonds is 3. The van der Waals surface area contributed by atoms with Gasteiger partial charge >= 0.3 is 0 Å². The predicted molar refractivity (Wildman–Crippen MR) is 53.7 cm³/mol. The fourth-order valence-electron chi connectivity index (χ4n) is 1.13. The number of guanidine groups is 1. The third kappa shape index (κ3) is 2.63. The van der Waals surface area contributed by atoms with E-state index in [-0.39, 0.29) is 18.3 Å². The Balaban J connectivity index is 2.95. The smallest absolute Gasteiger partial charge is 0.186 e. The van der Waals surface area contributed by atoms with E-state index in [1.165, 1.54) is 12.1 Å². The van der Waals surface area contributed by atoms with Gasteiger partial charge in [0.05, 0.1) is 6.61 Å². The highest BCUT2D eigenvalue weighted by molar-refractivity contribution is 5.76. The number of phenols is 1. The van der Waals surface area contributed by atoms with Gasteiger partial charge in [0.25, 0.3) is 0 Å². The second-order valence-electron chi connectivity index (χ2n) is 2.85. The maximum Gasteiger partial charge on any atom is 0.186 e. The number of hydrogen-bond acceptors (Lipinski definition) is 3. The molecule has 0 aliphatic heterocycles. The van der Waals surface area contributed by atoms with Gasteiger partial charge in [-0.15, -0.1) is 0 Å². The first-order valence-electron chi connectivity index (χ1n) is 4.12. The van der Waals surface area contributed by atoms with E-state index in [1.807, 2.05) is 0 Å². The molecule has 0 aliphatic rings. The van der Waals surface area contributed by atoms with E-state index in [0.29, 0.717) is 5.56 Å². The summed E-state index contributed by atoms with van der Waals surface area (Å²) >= 11 is 0. The Hall–Kier alpha value is -1.75. The Bertz CT molecular complexity index is 335. The van der Waals surface area contributed by atoms with Gasteiger partial charge in [-0.3, -0.25) is 0 Å². The SMILES string of the molecule is NC(N)=N[C@H](CO)c1cccc(O)c1. The van der Waals surface area contributed by atoms with E-state index in [1.54, 1.807) is 12.1 Å². The van der Waals surface area contributed by atoms with Crippen LogP contribution in [0.2, 0.25) is 0 Å². The largest absolute Gasteiger partial charge is 0.508 e. The Kier molecular flexibility index (Phi) is 3.30. The third-order valence-corrected chi connectivity index (χ3v) is 1.73. The van der Waals surface area contributed by atoms with E-state index >= 15 is 0 Å². The summed E-state index contributed by atoms with van der Waals surface area (Å²) in [6, 6.07) is 5.91. The Labute approximate surface area is 81.7 Å². The van der Waals surface area contributed by atoms with Crippen LogP contribution in [0, 0.1) is 0 Å². The van der Waals surface area contributed by atoms with E-state index in [2.05, 4.69) is 4.99 Å². The monoisotopic (exact) mass is 195 g/mol. The molecule has 14 heavy (non-hydrogen) atoms. The fraction of sp³-hybridized carbons (Fsp3) is 0.222. The summed E-state index contributed by atoms with van der Waals surface area (Å²) in [6.07, 6.45) is 0. The molecule has 0 saturated heterocycles. The fourth-order valence-corrected chi connectivity index (χ4v) is 1.13. The Morgan fingerprint density at radius 3 is 2.64 bits per heavy atom. The minimum Gasteiger partial charge on any atom is -0.508 e. The molecule has 1 aromatic carbocycles. The van der Waals surface area contributed by atoms with Crippen molar-refractivity contribution in [3.05, 3.63) is 29.8 Å². The Morgan fingerprint density at radius 2 is 2.14 bits per heavy atom. The summed E-state index contributed by atoms with van der Waals surface area (Å²) in [4.78, 5) is 3.82. The molecule has 0 saturated carbocycles. The Morgan fingerprint density at radius 1 is 1.43 bits per heavy atom. The normalized spacial score (nSPS) is 12.1. The molecule has 5 nitrogen and oxygen atoms in total. The minimum atomic E-state index is -0.521. The summed E-state index contributed by atoms with van der Waals surface area (Å²) in [5, 5.41) is 18.2. The predicted octanol–water partition coefficient (Wildman–Crippen LogP) is -0.301. The van der Waals surface area contributed by atoms with Crippen LogP contribution >= 0.6 is 0 Å². The minimum absolute atomic E-state index is 0.0904. The van der Waals surface area contributed by atoms with Crippen molar-refractivity contribution in [1.82, 2.24) is 0 Å². The summed E-state index contributed by atoms with van der Waals surface area (Å²) in [5.74, 6) is 0.0270. The number of aliphatic hydroxyl groups is 1. The zero-order chi connectivity index (χ0) is 10.6. The van der Waals surface area contributed by atoms with Crippen molar-refractivity contribution in [2.75, 3.05) is 6.61 Å². The second kappa shape index (κ2) is 4.48. The van der Waals surface area contributed by atoms with Crippen LogP contribution in [0.15, 0.2) is 29.3 Å².